The molecule has 0 radical (unpaired) electrons. The number of rotatable bonds is 8. The van der Waals surface area contributed by atoms with Gasteiger partial charge in [0.1, 0.15) is 6.04 Å². The van der Waals surface area contributed by atoms with E-state index in [1.54, 1.807) is 11.1 Å². The van der Waals surface area contributed by atoms with Crippen LogP contribution >= 0.6 is 0 Å². The number of nitrogens with zero attached hydrogens (tertiary/aromatic N) is 2. The van der Waals surface area contributed by atoms with Gasteiger partial charge in [0.15, 0.2) is 4.90 Å². The molecule has 1 amide bonds. The lowest BCUT2D eigenvalue weighted by Crippen LogP contribution is -2.31. The van der Waals surface area contributed by atoms with Gasteiger partial charge < -0.3 is 9.45 Å². The van der Waals surface area contributed by atoms with Crippen molar-refractivity contribution < 1.29 is 9.35 Å². The van der Waals surface area contributed by atoms with E-state index >= 15 is 0 Å². The normalized spacial score (nSPS) is 12.9. The van der Waals surface area contributed by atoms with Crippen molar-refractivity contribution in [2.24, 2.45) is 0 Å². The number of carbonyl (C=O) groups excluding carboxylic acids is 1. The molecule has 0 aliphatic rings. The number of aromatic nitrogens is 1. The van der Waals surface area contributed by atoms with Crippen LogP contribution in [0.25, 0.3) is 10.9 Å². The van der Waals surface area contributed by atoms with Crippen LogP contribution in [-0.4, -0.2) is 33.4 Å². The third-order valence-corrected chi connectivity index (χ3v) is 7.13. The van der Waals surface area contributed by atoms with Crippen molar-refractivity contribution >= 4 is 28.2 Å². The van der Waals surface area contributed by atoms with Gasteiger partial charge in [-0.05, 0) is 56.7 Å². The van der Waals surface area contributed by atoms with Crippen molar-refractivity contribution in [3.63, 3.8) is 0 Å². The van der Waals surface area contributed by atoms with Crippen molar-refractivity contribution in [3.8, 4) is 0 Å². The molecule has 6 heteroatoms. The first-order chi connectivity index (χ1) is 16.5. The van der Waals surface area contributed by atoms with Gasteiger partial charge in [0.2, 0.25) is 0 Å². The van der Waals surface area contributed by atoms with Crippen LogP contribution in [0.3, 0.4) is 0 Å². The molecule has 0 bridgehead atoms. The molecule has 34 heavy (non-hydrogen) atoms. The average molecular weight is 472 g/mol. The number of para-hydroxylation sites is 1. The van der Waals surface area contributed by atoms with E-state index in [2.05, 4.69) is 9.71 Å². The minimum atomic E-state index is -1.44. The van der Waals surface area contributed by atoms with Crippen LogP contribution in [0.15, 0.2) is 90.0 Å². The Hall–Kier alpha value is -3.19. The van der Waals surface area contributed by atoms with E-state index in [1.165, 1.54) is 0 Å². The number of fused-ring (bicyclic) bond motifs is 1. The second-order valence-corrected chi connectivity index (χ2v) is 9.40. The highest BCUT2D eigenvalue weighted by molar-refractivity contribution is 7.89. The van der Waals surface area contributed by atoms with Crippen molar-refractivity contribution in [3.05, 3.63) is 107 Å². The highest BCUT2D eigenvalue weighted by Crippen LogP contribution is 2.30. The molecular weight excluding hydrogens is 442 g/mol. The number of hydrogen-bond acceptors (Lipinski definition) is 4. The van der Waals surface area contributed by atoms with Gasteiger partial charge in [-0.25, -0.2) is 0 Å². The van der Waals surface area contributed by atoms with Crippen LogP contribution in [0.2, 0.25) is 0 Å². The molecule has 0 aliphatic carbocycles. The highest BCUT2D eigenvalue weighted by Gasteiger charge is 2.25. The molecule has 0 saturated heterocycles. The van der Waals surface area contributed by atoms with Crippen molar-refractivity contribution in [2.75, 3.05) is 13.1 Å². The first-order valence-electron chi connectivity index (χ1n) is 11.5. The Kier molecular flexibility index (Phi) is 7.63. The number of benzene rings is 3. The standard InChI is InChI=1S/C28H29N3O2S/c1-4-31(5-2)28(32)23-15-13-22(14-16-23)27(30-34(33)24-17-11-20(3)12-18-24)25-10-6-8-21-9-7-19-29-26(21)25/h6-19,27,30H,4-5H2,1-3H3. The summed E-state index contributed by atoms with van der Waals surface area (Å²) >= 11 is -1.44. The topological polar surface area (TPSA) is 68.3 Å². The van der Waals surface area contributed by atoms with E-state index in [0.717, 1.165) is 27.6 Å². The quantitative estimate of drug-likeness (QED) is 0.348. The van der Waals surface area contributed by atoms with Gasteiger partial charge in [-0.1, -0.05) is 54.1 Å². The Labute approximate surface area is 204 Å². The number of hydrogen-bond donors (Lipinski definition) is 1. The molecular formula is C28H29N3O2S. The third kappa shape index (κ3) is 5.14. The smallest absolute Gasteiger partial charge is 0.253 e. The molecule has 1 N–H and O–H groups in total. The van der Waals surface area contributed by atoms with Crippen LogP contribution in [0.4, 0.5) is 0 Å². The first kappa shape index (κ1) is 24.0. The zero-order valence-electron chi connectivity index (χ0n) is 19.7. The van der Waals surface area contributed by atoms with Crippen LogP contribution in [0.1, 0.15) is 46.9 Å². The fourth-order valence-corrected chi connectivity index (χ4v) is 5.02. The molecule has 2 atom stereocenters. The molecule has 0 spiro atoms. The Morgan fingerprint density at radius 2 is 1.65 bits per heavy atom. The third-order valence-electron chi connectivity index (χ3n) is 5.98. The lowest BCUT2D eigenvalue weighted by molar-refractivity contribution is 0.0773. The zero-order chi connectivity index (χ0) is 24.1. The SMILES string of the molecule is CCN(CC)C(=O)c1ccc(C(N[S+]([O-])c2ccc(C)cc2)c2cccc3cccnc23)cc1. The molecule has 0 fully saturated rings. The molecule has 1 aromatic heterocycles. The van der Waals surface area contributed by atoms with Crippen molar-refractivity contribution in [2.45, 2.75) is 31.7 Å². The van der Waals surface area contributed by atoms with Crippen molar-refractivity contribution in [1.29, 1.82) is 0 Å². The minimum absolute atomic E-state index is 0.0103. The summed E-state index contributed by atoms with van der Waals surface area (Å²) in [6.45, 7) is 7.29. The summed E-state index contributed by atoms with van der Waals surface area (Å²) in [5, 5.41) is 1.02. The van der Waals surface area contributed by atoms with Crippen LogP contribution in [0.5, 0.6) is 0 Å². The Morgan fingerprint density at radius 3 is 2.32 bits per heavy atom. The summed E-state index contributed by atoms with van der Waals surface area (Å²) < 4.78 is 16.6. The average Bonchev–Trinajstić information content (AvgIpc) is 2.88. The number of pyridine rings is 1. The lowest BCUT2D eigenvalue weighted by atomic mass is 9.96. The summed E-state index contributed by atoms with van der Waals surface area (Å²) in [6.07, 6.45) is 1.77. The van der Waals surface area contributed by atoms with Crippen LogP contribution in [-0.2, 0) is 11.4 Å². The van der Waals surface area contributed by atoms with Gasteiger partial charge in [0.25, 0.3) is 5.91 Å². The maximum absolute atomic E-state index is 13.3. The van der Waals surface area contributed by atoms with E-state index in [9.17, 15) is 9.35 Å². The maximum Gasteiger partial charge on any atom is 0.253 e. The molecule has 174 valence electrons. The molecule has 3 aromatic carbocycles. The maximum atomic E-state index is 13.3. The molecule has 2 unspecified atom stereocenters. The largest absolute Gasteiger partial charge is 0.593 e. The van der Waals surface area contributed by atoms with Gasteiger partial charge in [-0.2, -0.15) is 0 Å². The summed E-state index contributed by atoms with van der Waals surface area (Å²) in [6, 6.07) is 24.8. The minimum Gasteiger partial charge on any atom is -0.593 e. The lowest BCUT2D eigenvalue weighted by Gasteiger charge is -2.23. The van der Waals surface area contributed by atoms with Crippen LogP contribution in [0, 0.1) is 6.92 Å². The van der Waals surface area contributed by atoms with E-state index in [0.29, 0.717) is 23.5 Å². The Bertz CT molecular complexity index is 1250. The molecule has 1 heterocycles. The molecule has 4 rings (SSSR count). The predicted octanol–water partition coefficient (Wildman–Crippen LogP) is 5.43. The van der Waals surface area contributed by atoms with Gasteiger partial charge in [-0.3, -0.25) is 9.78 Å². The molecule has 0 saturated carbocycles. The fourth-order valence-electron chi connectivity index (χ4n) is 4.02. The molecule has 0 aliphatic heterocycles. The highest BCUT2D eigenvalue weighted by atomic mass is 32.2. The number of amides is 1. The fraction of sp³-hybridized carbons (Fsp3) is 0.214. The Balaban J connectivity index is 1.73. The number of aryl methyl sites for hydroxylation is 1. The van der Waals surface area contributed by atoms with Gasteiger partial charge in [-0.15, -0.1) is 4.72 Å². The Morgan fingerprint density at radius 1 is 0.971 bits per heavy atom. The van der Waals surface area contributed by atoms with Gasteiger partial charge >= 0.3 is 0 Å². The van der Waals surface area contributed by atoms with E-state index in [-0.39, 0.29) is 11.9 Å². The summed E-state index contributed by atoms with van der Waals surface area (Å²) in [7, 11) is 0. The zero-order valence-corrected chi connectivity index (χ0v) is 20.5. The molecule has 5 nitrogen and oxygen atoms in total. The van der Waals surface area contributed by atoms with Crippen molar-refractivity contribution in [1.82, 2.24) is 14.6 Å². The summed E-state index contributed by atoms with van der Waals surface area (Å²) in [5.74, 6) is 0.0103. The second-order valence-electron chi connectivity index (χ2n) is 8.15. The predicted molar refractivity (Wildman–Crippen MR) is 138 cm³/mol. The monoisotopic (exact) mass is 471 g/mol. The second kappa shape index (κ2) is 10.8. The first-order valence-corrected chi connectivity index (χ1v) is 12.6. The summed E-state index contributed by atoms with van der Waals surface area (Å²) in [5.41, 5.74) is 4.45. The number of nitrogens with one attached hydrogen (secondary N) is 1. The summed E-state index contributed by atoms with van der Waals surface area (Å²) in [4.78, 5) is 19.9. The number of carbonyl (C=O) groups is 1. The van der Waals surface area contributed by atoms with E-state index in [1.807, 2.05) is 99.6 Å². The van der Waals surface area contributed by atoms with E-state index in [4.69, 9.17) is 0 Å². The van der Waals surface area contributed by atoms with Gasteiger partial charge in [0, 0.05) is 35.8 Å². The van der Waals surface area contributed by atoms with E-state index < -0.39 is 11.4 Å². The van der Waals surface area contributed by atoms with Gasteiger partial charge in [0.05, 0.1) is 16.9 Å². The molecule has 4 aromatic rings. The van der Waals surface area contributed by atoms with Crippen LogP contribution < -0.4 is 4.72 Å².